The molecule has 0 unspecified atom stereocenters. The fourth-order valence-corrected chi connectivity index (χ4v) is 3.88. The number of nitrogens with zero attached hydrogens (tertiary/aromatic N) is 3. The van der Waals surface area contributed by atoms with Crippen molar-refractivity contribution in [2.45, 2.75) is 32.1 Å². The summed E-state index contributed by atoms with van der Waals surface area (Å²) in [5.41, 5.74) is 0. The van der Waals surface area contributed by atoms with Crippen molar-refractivity contribution in [1.29, 1.82) is 0 Å². The van der Waals surface area contributed by atoms with E-state index in [1.165, 1.54) is 12.7 Å². The van der Waals surface area contributed by atoms with E-state index < -0.39 is 0 Å². The number of amides is 2. The number of furan rings is 1. The van der Waals surface area contributed by atoms with Gasteiger partial charge in [0, 0.05) is 52.2 Å². The molecule has 2 heterocycles. The molecule has 162 valence electrons. The highest BCUT2D eigenvalue weighted by atomic mass is 127. The van der Waals surface area contributed by atoms with Gasteiger partial charge in [-0.1, -0.05) is 19.3 Å². The van der Waals surface area contributed by atoms with Gasteiger partial charge in [-0.05, 0) is 25.0 Å². The van der Waals surface area contributed by atoms with Crippen LogP contribution in [0.5, 0.6) is 0 Å². The number of aliphatic imine (C=N–C) groups is 1. The minimum Gasteiger partial charge on any atom is -0.459 e. The first-order valence-corrected chi connectivity index (χ1v) is 10.2. The molecule has 1 aromatic heterocycles. The summed E-state index contributed by atoms with van der Waals surface area (Å²) >= 11 is 0. The van der Waals surface area contributed by atoms with Crippen LogP contribution >= 0.6 is 24.0 Å². The Morgan fingerprint density at radius 2 is 1.72 bits per heavy atom. The van der Waals surface area contributed by atoms with Crippen LogP contribution in [0.25, 0.3) is 0 Å². The molecule has 2 amide bonds. The van der Waals surface area contributed by atoms with Gasteiger partial charge in [-0.25, -0.2) is 0 Å². The van der Waals surface area contributed by atoms with Crippen molar-refractivity contribution in [3.63, 3.8) is 0 Å². The molecule has 1 aromatic rings. The second-order valence-electron chi connectivity index (χ2n) is 7.36. The second kappa shape index (κ2) is 12.0. The quantitative estimate of drug-likeness (QED) is 0.270. The molecule has 0 bridgehead atoms. The predicted octanol–water partition coefficient (Wildman–Crippen LogP) is 1.93. The van der Waals surface area contributed by atoms with Crippen LogP contribution in [0.4, 0.5) is 0 Å². The van der Waals surface area contributed by atoms with Gasteiger partial charge in [0.05, 0.1) is 6.26 Å². The first kappa shape index (κ1) is 23.5. The molecule has 2 aliphatic rings. The number of rotatable bonds is 5. The lowest BCUT2D eigenvalue weighted by Gasteiger charge is -2.36. The van der Waals surface area contributed by atoms with E-state index >= 15 is 0 Å². The van der Waals surface area contributed by atoms with Gasteiger partial charge in [0.1, 0.15) is 0 Å². The van der Waals surface area contributed by atoms with Gasteiger partial charge < -0.3 is 24.9 Å². The summed E-state index contributed by atoms with van der Waals surface area (Å²) in [6.45, 7) is 3.89. The summed E-state index contributed by atoms with van der Waals surface area (Å²) in [6.07, 6.45) is 7.13. The Kier molecular flexibility index (Phi) is 9.75. The molecule has 8 nitrogen and oxygen atoms in total. The molecule has 3 rings (SSSR count). The topological polar surface area (TPSA) is 90.2 Å². The van der Waals surface area contributed by atoms with E-state index in [-0.39, 0.29) is 41.7 Å². The summed E-state index contributed by atoms with van der Waals surface area (Å²) < 4.78 is 5.20. The van der Waals surface area contributed by atoms with Gasteiger partial charge in [0.2, 0.25) is 5.91 Å². The number of hydrogen-bond donors (Lipinski definition) is 2. The highest BCUT2D eigenvalue weighted by Gasteiger charge is 2.25. The van der Waals surface area contributed by atoms with Gasteiger partial charge >= 0.3 is 0 Å². The van der Waals surface area contributed by atoms with E-state index in [0.29, 0.717) is 45.0 Å². The lowest BCUT2D eigenvalue weighted by molar-refractivity contribution is -0.125. The highest BCUT2D eigenvalue weighted by Crippen LogP contribution is 2.23. The molecule has 0 atom stereocenters. The fraction of sp³-hybridized carbons (Fsp3) is 0.650. The summed E-state index contributed by atoms with van der Waals surface area (Å²) in [5, 5.41) is 6.34. The average molecular weight is 517 g/mol. The van der Waals surface area contributed by atoms with Gasteiger partial charge in [-0.2, -0.15) is 0 Å². The minimum absolute atomic E-state index is 0. The summed E-state index contributed by atoms with van der Waals surface area (Å²) in [6, 6.07) is 3.42. The maximum absolute atomic E-state index is 12.3. The zero-order valence-electron chi connectivity index (χ0n) is 17.1. The van der Waals surface area contributed by atoms with E-state index in [1.54, 1.807) is 24.1 Å². The van der Waals surface area contributed by atoms with Crippen molar-refractivity contribution in [2.75, 3.05) is 46.3 Å². The Hall–Kier alpha value is -1.78. The molecule has 29 heavy (non-hydrogen) atoms. The SMILES string of the molecule is CN=C(NCCNC(=O)C1CCCCC1)N1CCN(C(=O)c2ccco2)CC1.I. The molecule has 0 spiro atoms. The number of piperazine rings is 1. The van der Waals surface area contributed by atoms with Gasteiger partial charge in [0.15, 0.2) is 11.7 Å². The van der Waals surface area contributed by atoms with Crippen LogP contribution < -0.4 is 10.6 Å². The second-order valence-corrected chi connectivity index (χ2v) is 7.36. The van der Waals surface area contributed by atoms with Crippen molar-refractivity contribution in [1.82, 2.24) is 20.4 Å². The molecular formula is C20H32IN5O3. The van der Waals surface area contributed by atoms with Crippen LogP contribution in [0.2, 0.25) is 0 Å². The summed E-state index contributed by atoms with van der Waals surface area (Å²) in [4.78, 5) is 32.8. The van der Waals surface area contributed by atoms with Gasteiger partial charge in [-0.3, -0.25) is 14.6 Å². The lowest BCUT2D eigenvalue weighted by atomic mass is 9.89. The van der Waals surface area contributed by atoms with Crippen LogP contribution in [0.15, 0.2) is 27.8 Å². The molecule has 2 N–H and O–H groups in total. The minimum atomic E-state index is -0.0713. The molecule has 0 radical (unpaired) electrons. The first-order chi connectivity index (χ1) is 13.7. The van der Waals surface area contributed by atoms with Crippen LogP contribution in [-0.2, 0) is 4.79 Å². The Bertz CT molecular complexity index is 666. The van der Waals surface area contributed by atoms with Crippen molar-refractivity contribution in [2.24, 2.45) is 10.9 Å². The maximum atomic E-state index is 12.3. The highest BCUT2D eigenvalue weighted by molar-refractivity contribution is 14.0. The van der Waals surface area contributed by atoms with Gasteiger partial charge in [0.25, 0.3) is 5.91 Å². The normalized spacial score (nSPS) is 18.2. The number of carbonyl (C=O) groups excluding carboxylic acids is 2. The first-order valence-electron chi connectivity index (χ1n) is 10.2. The molecule has 1 saturated heterocycles. The molecular weight excluding hydrogens is 485 g/mol. The van der Waals surface area contributed by atoms with Gasteiger partial charge in [-0.15, -0.1) is 24.0 Å². The van der Waals surface area contributed by atoms with Crippen LogP contribution in [-0.4, -0.2) is 73.9 Å². The number of nitrogens with one attached hydrogen (secondary N) is 2. The van der Waals surface area contributed by atoms with Crippen molar-refractivity contribution in [3.05, 3.63) is 24.2 Å². The maximum Gasteiger partial charge on any atom is 0.289 e. The van der Waals surface area contributed by atoms with Crippen molar-refractivity contribution in [3.8, 4) is 0 Å². The van der Waals surface area contributed by atoms with E-state index in [9.17, 15) is 9.59 Å². The van der Waals surface area contributed by atoms with E-state index in [1.807, 2.05) is 0 Å². The van der Waals surface area contributed by atoms with E-state index in [0.717, 1.165) is 31.6 Å². The number of carbonyl (C=O) groups is 2. The number of halogens is 1. The lowest BCUT2D eigenvalue weighted by Crippen LogP contribution is -2.54. The van der Waals surface area contributed by atoms with E-state index in [4.69, 9.17) is 4.42 Å². The molecule has 2 fully saturated rings. The van der Waals surface area contributed by atoms with Crippen molar-refractivity contribution >= 4 is 41.8 Å². The van der Waals surface area contributed by atoms with E-state index in [2.05, 4.69) is 20.5 Å². The Morgan fingerprint density at radius 1 is 1.07 bits per heavy atom. The predicted molar refractivity (Wildman–Crippen MR) is 123 cm³/mol. The Labute approximate surface area is 189 Å². The molecule has 1 aliphatic carbocycles. The summed E-state index contributed by atoms with van der Waals surface area (Å²) in [7, 11) is 1.75. The number of hydrogen-bond acceptors (Lipinski definition) is 4. The third kappa shape index (κ3) is 6.61. The Balaban J connectivity index is 0.00000300. The third-order valence-electron chi connectivity index (χ3n) is 5.49. The van der Waals surface area contributed by atoms with Crippen molar-refractivity contribution < 1.29 is 14.0 Å². The zero-order valence-corrected chi connectivity index (χ0v) is 19.4. The fourth-order valence-electron chi connectivity index (χ4n) is 3.88. The molecule has 9 heteroatoms. The smallest absolute Gasteiger partial charge is 0.289 e. The monoisotopic (exact) mass is 517 g/mol. The zero-order chi connectivity index (χ0) is 19.8. The molecule has 1 saturated carbocycles. The van der Waals surface area contributed by atoms with Crippen LogP contribution in [0, 0.1) is 5.92 Å². The largest absolute Gasteiger partial charge is 0.459 e. The van der Waals surface area contributed by atoms with Crippen LogP contribution in [0.3, 0.4) is 0 Å². The standard InChI is InChI=1S/C20H31N5O3.HI/c1-21-20(23-10-9-22-18(26)16-6-3-2-4-7-16)25-13-11-24(12-14-25)19(27)17-8-5-15-28-17;/h5,8,15-16H,2-4,6-7,9-14H2,1H3,(H,21,23)(H,22,26);1H. The third-order valence-corrected chi connectivity index (χ3v) is 5.49. The molecule has 1 aliphatic heterocycles. The summed E-state index contributed by atoms with van der Waals surface area (Å²) in [5.74, 6) is 1.48. The average Bonchev–Trinajstić information content (AvgIpc) is 3.29. The Morgan fingerprint density at radius 3 is 2.34 bits per heavy atom. The number of guanidine groups is 1. The molecule has 0 aromatic carbocycles. The van der Waals surface area contributed by atoms with Crippen LogP contribution in [0.1, 0.15) is 42.7 Å².